The molecule has 0 unspecified atom stereocenters. The van der Waals surface area contributed by atoms with Gasteiger partial charge in [0.25, 0.3) is 5.91 Å². The third-order valence-electron chi connectivity index (χ3n) is 3.84. The predicted octanol–water partition coefficient (Wildman–Crippen LogP) is 4.10. The third kappa shape index (κ3) is 2.72. The van der Waals surface area contributed by atoms with E-state index in [1.807, 2.05) is 73.3 Å². The van der Waals surface area contributed by atoms with Crippen LogP contribution in [0.1, 0.15) is 16.1 Å². The van der Waals surface area contributed by atoms with Crippen molar-refractivity contribution in [3.63, 3.8) is 0 Å². The van der Waals surface area contributed by atoms with E-state index in [9.17, 15) is 4.79 Å². The van der Waals surface area contributed by atoms with Gasteiger partial charge in [0.05, 0.1) is 0 Å². The molecule has 3 aromatic rings. The van der Waals surface area contributed by atoms with Crippen LogP contribution < -0.4 is 0 Å². The van der Waals surface area contributed by atoms with Gasteiger partial charge in [0.1, 0.15) is 5.69 Å². The highest BCUT2D eigenvalue weighted by atomic mass is 35.5. The standard InChI is InChI=1S/C18H17ClN2O/c1-20(12-13-6-4-3-5-7-13)18(22)17-10-14-8-9-15(19)11-16(14)21(17)2/h3-11H,12H2,1-2H3. The first-order valence-electron chi connectivity index (χ1n) is 7.10. The van der Waals surface area contributed by atoms with Crippen molar-refractivity contribution >= 4 is 28.4 Å². The summed E-state index contributed by atoms with van der Waals surface area (Å²) >= 11 is 6.04. The molecule has 0 aliphatic rings. The summed E-state index contributed by atoms with van der Waals surface area (Å²) in [6, 6.07) is 17.5. The van der Waals surface area contributed by atoms with Gasteiger partial charge in [0.15, 0.2) is 0 Å². The number of carbonyl (C=O) groups excluding carboxylic acids is 1. The quantitative estimate of drug-likeness (QED) is 0.714. The van der Waals surface area contributed by atoms with E-state index >= 15 is 0 Å². The van der Waals surface area contributed by atoms with Gasteiger partial charge in [0.2, 0.25) is 0 Å². The highest BCUT2D eigenvalue weighted by Crippen LogP contribution is 2.23. The van der Waals surface area contributed by atoms with E-state index < -0.39 is 0 Å². The number of fused-ring (bicyclic) bond motifs is 1. The highest BCUT2D eigenvalue weighted by Gasteiger charge is 2.17. The van der Waals surface area contributed by atoms with Crippen molar-refractivity contribution in [3.05, 3.63) is 70.9 Å². The lowest BCUT2D eigenvalue weighted by Crippen LogP contribution is -2.27. The molecule has 0 saturated carbocycles. The average Bonchev–Trinajstić information content (AvgIpc) is 2.84. The summed E-state index contributed by atoms with van der Waals surface area (Å²) in [5, 5.41) is 1.69. The first-order chi connectivity index (χ1) is 10.6. The number of aromatic nitrogens is 1. The van der Waals surface area contributed by atoms with Crippen LogP contribution in [0, 0.1) is 0 Å². The molecule has 3 nitrogen and oxygen atoms in total. The molecule has 4 heteroatoms. The number of carbonyl (C=O) groups is 1. The largest absolute Gasteiger partial charge is 0.340 e. The molecule has 1 amide bonds. The van der Waals surface area contributed by atoms with Crippen molar-refractivity contribution in [2.45, 2.75) is 6.54 Å². The summed E-state index contributed by atoms with van der Waals surface area (Å²) in [5.74, 6) is -0.00123. The van der Waals surface area contributed by atoms with Crippen molar-refractivity contribution in [3.8, 4) is 0 Å². The second-order valence-electron chi connectivity index (χ2n) is 5.44. The minimum absolute atomic E-state index is 0.00123. The Kier molecular flexibility index (Phi) is 3.90. The zero-order valence-corrected chi connectivity index (χ0v) is 13.3. The van der Waals surface area contributed by atoms with Crippen LogP contribution in [0.4, 0.5) is 0 Å². The summed E-state index contributed by atoms with van der Waals surface area (Å²) in [5.41, 5.74) is 2.74. The molecule has 0 aliphatic heterocycles. The molecule has 0 N–H and O–H groups in total. The first kappa shape index (κ1) is 14.7. The van der Waals surface area contributed by atoms with Gasteiger partial charge in [-0.25, -0.2) is 0 Å². The molecule has 0 atom stereocenters. The van der Waals surface area contributed by atoms with Crippen LogP contribution in [-0.4, -0.2) is 22.4 Å². The lowest BCUT2D eigenvalue weighted by molar-refractivity contribution is 0.0776. The Morgan fingerprint density at radius 2 is 1.86 bits per heavy atom. The van der Waals surface area contributed by atoms with Gasteiger partial charge >= 0.3 is 0 Å². The molecule has 0 fully saturated rings. The SMILES string of the molecule is CN(Cc1ccccc1)C(=O)c1cc2ccc(Cl)cc2n1C. The molecule has 1 aromatic heterocycles. The zero-order valence-electron chi connectivity index (χ0n) is 12.6. The summed E-state index contributed by atoms with van der Waals surface area (Å²) < 4.78 is 1.89. The number of aryl methyl sites for hydroxylation is 1. The highest BCUT2D eigenvalue weighted by molar-refractivity contribution is 6.31. The van der Waals surface area contributed by atoms with Gasteiger partial charge in [-0.1, -0.05) is 48.0 Å². The maximum absolute atomic E-state index is 12.7. The number of hydrogen-bond donors (Lipinski definition) is 0. The van der Waals surface area contributed by atoms with Gasteiger partial charge < -0.3 is 9.47 Å². The monoisotopic (exact) mass is 312 g/mol. The summed E-state index contributed by atoms with van der Waals surface area (Å²) in [7, 11) is 3.71. The van der Waals surface area contributed by atoms with Gasteiger partial charge in [-0.15, -0.1) is 0 Å². The fraction of sp³-hybridized carbons (Fsp3) is 0.167. The van der Waals surface area contributed by atoms with Crippen LogP contribution in [0.3, 0.4) is 0 Å². The molecule has 0 aliphatic carbocycles. The normalized spacial score (nSPS) is 10.9. The number of amides is 1. The average molecular weight is 313 g/mol. The number of nitrogens with zero attached hydrogens (tertiary/aromatic N) is 2. The molecule has 112 valence electrons. The molecule has 0 bridgehead atoms. The maximum atomic E-state index is 12.7. The Balaban J connectivity index is 1.90. The van der Waals surface area contributed by atoms with E-state index in [1.54, 1.807) is 4.90 Å². The topological polar surface area (TPSA) is 25.2 Å². The second-order valence-corrected chi connectivity index (χ2v) is 5.87. The van der Waals surface area contributed by atoms with Crippen molar-refractivity contribution in [1.82, 2.24) is 9.47 Å². The van der Waals surface area contributed by atoms with Crippen molar-refractivity contribution in [2.75, 3.05) is 7.05 Å². The smallest absolute Gasteiger partial charge is 0.270 e. The van der Waals surface area contributed by atoms with E-state index in [-0.39, 0.29) is 5.91 Å². The molecule has 0 spiro atoms. The fourth-order valence-corrected chi connectivity index (χ4v) is 2.80. The van der Waals surface area contributed by atoms with Crippen LogP contribution in [0.2, 0.25) is 5.02 Å². The molecule has 2 aromatic carbocycles. The predicted molar refractivity (Wildman–Crippen MR) is 90.2 cm³/mol. The van der Waals surface area contributed by atoms with E-state index in [4.69, 9.17) is 11.6 Å². The Morgan fingerprint density at radius 1 is 1.14 bits per heavy atom. The number of rotatable bonds is 3. The van der Waals surface area contributed by atoms with Crippen LogP contribution >= 0.6 is 11.6 Å². The number of hydrogen-bond acceptors (Lipinski definition) is 1. The molecule has 0 radical (unpaired) electrons. The van der Waals surface area contributed by atoms with Crippen LogP contribution in [0.25, 0.3) is 10.9 Å². The van der Waals surface area contributed by atoms with Gasteiger partial charge in [0, 0.05) is 36.6 Å². The van der Waals surface area contributed by atoms with Crippen molar-refractivity contribution in [2.24, 2.45) is 7.05 Å². The van der Waals surface area contributed by atoms with Crippen LogP contribution in [0.15, 0.2) is 54.6 Å². The maximum Gasteiger partial charge on any atom is 0.270 e. The van der Waals surface area contributed by atoms with Crippen molar-refractivity contribution < 1.29 is 4.79 Å². The lowest BCUT2D eigenvalue weighted by atomic mass is 10.2. The zero-order chi connectivity index (χ0) is 15.7. The minimum Gasteiger partial charge on any atom is -0.340 e. The number of benzene rings is 2. The van der Waals surface area contributed by atoms with Gasteiger partial charge in [-0.05, 0) is 23.8 Å². The van der Waals surface area contributed by atoms with E-state index in [0.29, 0.717) is 17.3 Å². The molecule has 0 saturated heterocycles. The van der Waals surface area contributed by atoms with Crippen molar-refractivity contribution in [1.29, 1.82) is 0 Å². The number of halogens is 1. The van der Waals surface area contributed by atoms with E-state index in [0.717, 1.165) is 16.5 Å². The molecular formula is C18H17ClN2O. The second kappa shape index (κ2) is 5.85. The Bertz CT molecular complexity index is 824. The van der Waals surface area contributed by atoms with Crippen LogP contribution in [0.5, 0.6) is 0 Å². The Morgan fingerprint density at radius 3 is 2.59 bits per heavy atom. The van der Waals surface area contributed by atoms with E-state index in [2.05, 4.69) is 0 Å². The Labute approximate surface area is 134 Å². The molecule has 1 heterocycles. The lowest BCUT2D eigenvalue weighted by Gasteiger charge is -2.17. The molecule has 3 rings (SSSR count). The van der Waals surface area contributed by atoms with E-state index in [1.165, 1.54) is 0 Å². The molecule has 22 heavy (non-hydrogen) atoms. The fourth-order valence-electron chi connectivity index (χ4n) is 2.63. The first-order valence-corrected chi connectivity index (χ1v) is 7.48. The van der Waals surface area contributed by atoms with Gasteiger partial charge in [-0.3, -0.25) is 4.79 Å². The third-order valence-corrected chi connectivity index (χ3v) is 4.07. The molecular weight excluding hydrogens is 296 g/mol. The summed E-state index contributed by atoms with van der Waals surface area (Å²) in [6.45, 7) is 0.585. The minimum atomic E-state index is -0.00123. The van der Waals surface area contributed by atoms with Crippen LogP contribution in [-0.2, 0) is 13.6 Å². The van der Waals surface area contributed by atoms with Gasteiger partial charge in [-0.2, -0.15) is 0 Å². The summed E-state index contributed by atoms with van der Waals surface area (Å²) in [4.78, 5) is 14.4. The Hall–Kier alpha value is -2.26. The summed E-state index contributed by atoms with van der Waals surface area (Å²) in [6.07, 6.45) is 0.